The van der Waals surface area contributed by atoms with Crippen molar-refractivity contribution in [3.05, 3.63) is 360 Å². The molecule has 24 aromatic rings. The number of rotatable bonds is 10. The fourth-order valence-corrected chi connectivity index (χ4v) is 20.3. The van der Waals surface area contributed by atoms with Crippen LogP contribution in [-0.4, -0.2) is 0 Å². The van der Waals surface area contributed by atoms with Crippen LogP contribution >= 0.6 is 0 Å². The molecule has 0 radical (unpaired) electrons. The van der Waals surface area contributed by atoms with Crippen LogP contribution in [0.2, 0.25) is 0 Å². The van der Waals surface area contributed by atoms with Crippen LogP contribution < -0.4 is 18.3 Å². The molecule has 0 aliphatic carbocycles. The number of benzene rings is 16. The molecule has 8 heterocycles. The van der Waals surface area contributed by atoms with Crippen molar-refractivity contribution >= 4 is 174 Å². The number of aryl methyl sites for hydroxylation is 8. The van der Waals surface area contributed by atoms with E-state index in [-0.39, 0.29) is 5.92 Å². The maximum atomic E-state index is 8.54. The third kappa shape index (κ3) is 14.2. The molecule has 0 aliphatic heterocycles. The molecule has 16 aromatic carbocycles. The van der Waals surface area contributed by atoms with Crippen LogP contribution in [0.4, 0.5) is 0 Å². The number of nitrogens with zero attached hydrogens (tertiary/aromatic N) is 4. The van der Waals surface area contributed by atoms with Gasteiger partial charge in [0, 0.05) is 121 Å². The fourth-order valence-electron chi connectivity index (χ4n) is 20.3. The van der Waals surface area contributed by atoms with Crippen LogP contribution in [0, 0.1) is 39.5 Å². The van der Waals surface area contributed by atoms with Gasteiger partial charge in [-0.05, 0) is 227 Å². The largest absolute Gasteiger partial charge is 0.455 e. The van der Waals surface area contributed by atoms with Crippen molar-refractivity contribution in [1.82, 2.24) is 0 Å². The van der Waals surface area contributed by atoms with Crippen LogP contribution in [0.25, 0.3) is 219 Å². The lowest BCUT2D eigenvalue weighted by molar-refractivity contribution is -0.659. The Kier molecular flexibility index (Phi) is 18.9. The Morgan fingerprint density at radius 1 is 0.254 bits per heavy atom. The highest BCUT2D eigenvalue weighted by molar-refractivity contribution is 6.21. The summed E-state index contributed by atoms with van der Waals surface area (Å²) in [5.74, 6) is -1.77. The zero-order chi connectivity index (χ0) is 95.5. The lowest BCUT2D eigenvalue weighted by atomic mass is 9.94. The van der Waals surface area contributed by atoms with Crippen molar-refractivity contribution in [3.63, 3.8) is 0 Å². The molecule has 0 aliphatic rings. The molecule has 0 saturated heterocycles. The first-order chi connectivity index (χ1) is 65.7. The molecule has 1 unspecified atom stereocenters. The van der Waals surface area contributed by atoms with Gasteiger partial charge in [0.1, 0.15) is 72.9 Å². The standard InChI is InChI=1S/2C31H28NO.2C30H26NO/c2*1-19(2)17-21-9-11-25-23(18-21)15-16-32(4)29(25)24-13-14-27-28-12-10-22-7-5-6-8-26(22)31(28)33-30(27)20(24)3;2*1-18(2)21-10-11-24-22(17-21)15-16-31(4)28(24)23-13-14-26-27-12-9-20-7-5-6-8-25(20)30(27)32-29(26)19(23)3/h2*5-16,18-19H,17H2,1-4H3;2*5-18H,1-4H3/q4*+1/i17D2;;1D3,18D;18D. The molecular formula is C122H108N4O4+4. The van der Waals surface area contributed by atoms with E-state index in [0.29, 0.717) is 11.5 Å². The normalized spacial score (nSPS) is 13.6. The number of furan rings is 4. The predicted octanol–water partition coefficient (Wildman–Crippen LogP) is 31.4. The van der Waals surface area contributed by atoms with E-state index in [1.807, 2.05) is 83.4 Å². The number of hydrogen-bond donors (Lipinski definition) is 0. The van der Waals surface area contributed by atoms with Crippen molar-refractivity contribution < 1.29 is 45.5 Å². The summed E-state index contributed by atoms with van der Waals surface area (Å²) in [7, 11) is 8.29. The van der Waals surface area contributed by atoms with E-state index in [9.17, 15) is 0 Å². The molecule has 8 heteroatoms. The molecular weight excluding hydrogens is 1590 g/mol. The molecule has 0 spiro atoms. The van der Waals surface area contributed by atoms with E-state index in [0.717, 1.165) is 193 Å². The smallest absolute Gasteiger partial charge is 0.220 e. The molecule has 0 fully saturated rings. The minimum Gasteiger partial charge on any atom is -0.455 e. The SMILES string of the molecule is Cc1c(-c2c3ccc(CC(C)C)cc3cc[n+]2C)ccc2c1oc1c3ccccc3ccc21.[2H]C(C)(C)c1ccc2c(-c3ccc4c(oc5c6ccccc6ccc45)c3C)[n+](C)ccc2c1.[2H]C([2H])([2H])C([2H])(C)c1ccc2c(-c3ccc4c(oc5c6ccccc6ccc45)c3C)[n+](C)ccc2c1.[2H]C([2H])(c1ccc2c(-c3ccc4c(oc5c6ccccc6ccc45)c3C)[n+](C)ccc2c1)C(C)C. The van der Waals surface area contributed by atoms with Crippen molar-refractivity contribution in [1.29, 1.82) is 0 Å². The van der Waals surface area contributed by atoms with E-state index in [1.165, 1.54) is 77.8 Å². The Labute approximate surface area is 768 Å². The molecule has 0 saturated carbocycles. The van der Waals surface area contributed by atoms with Crippen molar-refractivity contribution in [3.8, 4) is 45.0 Å². The van der Waals surface area contributed by atoms with Crippen molar-refractivity contribution in [2.24, 2.45) is 40.0 Å². The summed E-state index contributed by atoms with van der Waals surface area (Å²) in [6, 6.07) is 102. The highest BCUT2D eigenvalue weighted by Gasteiger charge is 2.29. The van der Waals surface area contributed by atoms with Gasteiger partial charge in [-0.25, -0.2) is 18.3 Å². The lowest BCUT2D eigenvalue weighted by Gasteiger charge is -2.11. The maximum absolute atomic E-state index is 8.54. The zero-order valence-corrected chi connectivity index (χ0v) is 76.3. The Morgan fingerprint density at radius 2 is 0.515 bits per heavy atom. The first-order valence-electron chi connectivity index (χ1n) is 48.7. The van der Waals surface area contributed by atoms with Gasteiger partial charge in [0.25, 0.3) is 0 Å². The minimum atomic E-state index is -2.42. The van der Waals surface area contributed by atoms with Gasteiger partial charge in [-0.15, -0.1) is 0 Å². The minimum absolute atomic E-state index is 0.104. The second-order valence-electron chi connectivity index (χ2n) is 36.5. The van der Waals surface area contributed by atoms with E-state index in [4.69, 9.17) is 27.3 Å². The van der Waals surface area contributed by atoms with Gasteiger partial charge in [0.2, 0.25) is 22.8 Å². The van der Waals surface area contributed by atoms with Crippen LogP contribution in [0.1, 0.15) is 121 Å². The quantitative estimate of drug-likeness (QED) is 0.128. The Bertz CT molecular complexity index is 9120. The van der Waals surface area contributed by atoms with Crippen molar-refractivity contribution in [2.45, 2.75) is 108 Å². The summed E-state index contributed by atoms with van der Waals surface area (Å²) >= 11 is 0. The maximum Gasteiger partial charge on any atom is 0.220 e. The first kappa shape index (κ1) is 74.5. The first-order valence-corrected chi connectivity index (χ1v) is 45.2. The molecule has 0 amide bonds. The molecule has 8 aromatic heterocycles. The number of fused-ring (bicyclic) bond motifs is 24. The topological polar surface area (TPSA) is 68.1 Å². The van der Waals surface area contributed by atoms with E-state index in [1.54, 1.807) is 6.07 Å². The summed E-state index contributed by atoms with van der Waals surface area (Å²) in [4.78, 5) is 0. The molecule has 24 rings (SSSR count). The fraction of sp³-hybridized carbons (Fsp3) is 0.180. The summed E-state index contributed by atoms with van der Waals surface area (Å²) in [6.45, 7) is 19.9. The lowest BCUT2D eigenvalue weighted by Crippen LogP contribution is -2.30. The van der Waals surface area contributed by atoms with Gasteiger partial charge in [0.05, 0.1) is 43.8 Å². The van der Waals surface area contributed by atoms with Gasteiger partial charge in [-0.1, -0.05) is 225 Å². The summed E-state index contributed by atoms with van der Waals surface area (Å²) in [5, 5.41) is 27.3. The summed E-state index contributed by atoms with van der Waals surface area (Å²) in [5.41, 5.74) is 24.6. The van der Waals surface area contributed by atoms with Crippen LogP contribution in [0.3, 0.4) is 0 Å². The Morgan fingerprint density at radius 3 is 0.815 bits per heavy atom. The third-order valence-electron chi connectivity index (χ3n) is 26.9. The molecule has 0 bridgehead atoms. The van der Waals surface area contributed by atoms with Crippen LogP contribution in [0.15, 0.2) is 334 Å². The Balaban J connectivity index is 0.000000109. The molecule has 130 heavy (non-hydrogen) atoms. The third-order valence-corrected chi connectivity index (χ3v) is 26.9. The molecule has 0 N–H and O–H groups in total. The molecule has 8 nitrogen and oxygen atoms in total. The van der Waals surface area contributed by atoms with Crippen LogP contribution in [0.5, 0.6) is 0 Å². The highest BCUT2D eigenvalue weighted by Crippen LogP contribution is 2.46. The number of aromatic nitrogens is 4. The van der Waals surface area contributed by atoms with E-state index >= 15 is 0 Å². The summed E-state index contributed by atoms with van der Waals surface area (Å²) < 4.78 is 92.3. The highest BCUT2D eigenvalue weighted by atomic mass is 16.3. The van der Waals surface area contributed by atoms with Crippen molar-refractivity contribution in [2.75, 3.05) is 0 Å². The van der Waals surface area contributed by atoms with Gasteiger partial charge >= 0.3 is 0 Å². The van der Waals surface area contributed by atoms with Crippen LogP contribution in [-0.2, 0) is 41.0 Å². The van der Waals surface area contributed by atoms with E-state index < -0.39 is 25.0 Å². The average Bonchev–Trinajstić information content (AvgIpc) is 1.64. The van der Waals surface area contributed by atoms with Gasteiger partial charge < -0.3 is 17.7 Å². The second kappa shape index (κ2) is 32.9. The average molecular weight is 1700 g/mol. The molecule has 636 valence electrons. The predicted molar refractivity (Wildman–Crippen MR) is 546 cm³/mol. The monoisotopic (exact) mass is 1700 g/mol. The van der Waals surface area contributed by atoms with Gasteiger partial charge in [-0.2, -0.15) is 0 Å². The molecule has 1 atom stereocenters. The van der Waals surface area contributed by atoms with Gasteiger partial charge in [-0.3, -0.25) is 0 Å². The summed E-state index contributed by atoms with van der Waals surface area (Å²) in [6.07, 6.45) is 8.04. The number of hydrogen-bond acceptors (Lipinski definition) is 4. The van der Waals surface area contributed by atoms with E-state index in [2.05, 4.69) is 342 Å². The Hall–Kier alpha value is -14.6. The second-order valence-corrected chi connectivity index (χ2v) is 36.5. The zero-order valence-electron chi connectivity index (χ0n) is 83.3. The van der Waals surface area contributed by atoms with Gasteiger partial charge in [0.15, 0.2) is 24.8 Å². The number of pyridine rings is 4.